The van der Waals surface area contributed by atoms with Gasteiger partial charge in [0.15, 0.2) is 0 Å². The lowest BCUT2D eigenvalue weighted by Crippen LogP contribution is -2.38. The molecule has 1 aliphatic carbocycles. The van der Waals surface area contributed by atoms with Crippen LogP contribution in [0.3, 0.4) is 0 Å². The molecule has 3 rings (SSSR count). The summed E-state index contributed by atoms with van der Waals surface area (Å²) in [5.41, 5.74) is 4.53. The van der Waals surface area contributed by atoms with Crippen LogP contribution in [0.1, 0.15) is 29.9 Å². The predicted octanol–water partition coefficient (Wildman–Crippen LogP) is 2.51. The van der Waals surface area contributed by atoms with Crippen molar-refractivity contribution in [1.82, 2.24) is 10.6 Å². The number of hydrogen-bond donors (Lipinski definition) is 3. The summed E-state index contributed by atoms with van der Waals surface area (Å²) in [6.07, 6.45) is -0.339. The number of rotatable bonds is 8. The summed E-state index contributed by atoms with van der Waals surface area (Å²) in [5, 5.41) is 13.5. The molecule has 146 valence electrons. The van der Waals surface area contributed by atoms with Crippen molar-refractivity contribution in [3.8, 4) is 11.1 Å². The highest BCUT2D eigenvalue weighted by molar-refractivity contribution is 5.82. The molecule has 0 radical (unpaired) electrons. The van der Waals surface area contributed by atoms with E-state index in [1.54, 1.807) is 0 Å². The average molecular weight is 382 g/mol. The van der Waals surface area contributed by atoms with Gasteiger partial charge in [-0.15, -0.1) is 0 Å². The SMILES string of the molecule is O=C(O)CCCNC(=O)CNC(=O)OCC1c2ccccc2-c2ccccc21. The topological polar surface area (TPSA) is 105 Å². The lowest BCUT2D eigenvalue weighted by molar-refractivity contribution is -0.137. The Balaban J connectivity index is 1.47. The van der Waals surface area contributed by atoms with Crippen molar-refractivity contribution in [2.45, 2.75) is 18.8 Å². The van der Waals surface area contributed by atoms with Crippen molar-refractivity contribution >= 4 is 18.0 Å². The molecule has 0 aromatic heterocycles. The molecule has 2 aromatic carbocycles. The number of carbonyl (C=O) groups excluding carboxylic acids is 2. The quantitative estimate of drug-likeness (QED) is 0.609. The van der Waals surface area contributed by atoms with E-state index in [-0.39, 0.29) is 37.9 Å². The normalized spacial score (nSPS) is 12.0. The second kappa shape index (κ2) is 9.03. The Bertz CT molecular complexity index is 835. The van der Waals surface area contributed by atoms with Crippen LogP contribution in [0.15, 0.2) is 48.5 Å². The van der Waals surface area contributed by atoms with Crippen LogP contribution < -0.4 is 10.6 Å². The van der Waals surface area contributed by atoms with Crippen LogP contribution in [-0.4, -0.2) is 42.8 Å². The molecule has 2 amide bonds. The monoisotopic (exact) mass is 382 g/mol. The third-order valence-corrected chi connectivity index (χ3v) is 4.63. The van der Waals surface area contributed by atoms with Crippen LogP contribution >= 0.6 is 0 Å². The number of ether oxygens (including phenoxy) is 1. The van der Waals surface area contributed by atoms with Crippen LogP contribution in [0.25, 0.3) is 11.1 Å². The summed E-state index contributed by atoms with van der Waals surface area (Å²) in [6.45, 7) is 0.210. The summed E-state index contributed by atoms with van der Waals surface area (Å²) in [6, 6.07) is 16.1. The maximum absolute atomic E-state index is 12.0. The summed E-state index contributed by atoms with van der Waals surface area (Å²) >= 11 is 0. The lowest BCUT2D eigenvalue weighted by atomic mass is 9.98. The van der Waals surface area contributed by atoms with E-state index in [9.17, 15) is 14.4 Å². The molecule has 0 aliphatic heterocycles. The van der Waals surface area contributed by atoms with Gasteiger partial charge in [-0.05, 0) is 28.7 Å². The highest BCUT2D eigenvalue weighted by Gasteiger charge is 2.28. The fourth-order valence-corrected chi connectivity index (χ4v) is 3.33. The van der Waals surface area contributed by atoms with Crippen LogP contribution in [0.5, 0.6) is 0 Å². The van der Waals surface area contributed by atoms with E-state index in [0.29, 0.717) is 6.42 Å². The highest BCUT2D eigenvalue weighted by Crippen LogP contribution is 2.44. The van der Waals surface area contributed by atoms with Gasteiger partial charge in [-0.3, -0.25) is 9.59 Å². The zero-order chi connectivity index (χ0) is 19.9. The molecule has 0 saturated carbocycles. The first-order valence-corrected chi connectivity index (χ1v) is 9.13. The fraction of sp³-hybridized carbons (Fsp3) is 0.286. The van der Waals surface area contributed by atoms with Crippen molar-refractivity contribution in [2.75, 3.05) is 19.7 Å². The van der Waals surface area contributed by atoms with E-state index in [1.807, 2.05) is 36.4 Å². The van der Waals surface area contributed by atoms with E-state index < -0.39 is 12.1 Å². The summed E-state index contributed by atoms with van der Waals surface area (Å²) in [4.78, 5) is 34.0. The third kappa shape index (κ3) is 4.68. The molecule has 0 atom stereocenters. The van der Waals surface area contributed by atoms with Gasteiger partial charge in [-0.1, -0.05) is 48.5 Å². The first-order valence-electron chi connectivity index (χ1n) is 9.13. The van der Waals surface area contributed by atoms with Gasteiger partial charge >= 0.3 is 12.1 Å². The van der Waals surface area contributed by atoms with Crippen molar-refractivity contribution in [3.63, 3.8) is 0 Å². The van der Waals surface area contributed by atoms with E-state index in [1.165, 1.54) is 0 Å². The molecular formula is C21H22N2O5. The molecule has 1 aliphatic rings. The molecule has 7 heteroatoms. The molecule has 0 bridgehead atoms. The molecule has 7 nitrogen and oxygen atoms in total. The summed E-state index contributed by atoms with van der Waals surface area (Å²) in [7, 11) is 0. The molecule has 28 heavy (non-hydrogen) atoms. The van der Waals surface area contributed by atoms with Gasteiger partial charge in [0.2, 0.25) is 5.91 Å². The molecule has 0 fully saturated rings. The molecule has 0 saturated heterocycles. The number of nitrogens with one attached hydrogen (secondary N) is 2. The second-order valence-electron chi connectivity index (χ2n) is 6.53. The van der Waals surface area contributed by atoms with Crippen molar-refractivity contribution in [2.24, 2.45) is 0 Å². The van der Waals surface area contributed by atoms with Crippen LogP contribution in [0, 0.1) is 0 Å². The van der Waals surface area contributed by atoms with Crippen LogP contribution in [0.4, 0.5) is 4.79 Å². The van der Waals surface area contributed by atoms with Gasteiger partial charge in [0, 0.05) is 18.9 Å². The van der Waals surface area contributed by atoms with Gasteiger partial charge in [0.05, 0.1) is 6.54 Å². The summed E-state index contributed by atoms with van der Waals surface area (Å²) in [5.74, 6) is -1.34. The van der Waals surface area contributed by atoms with Gasteiger partial charge < -0.3 is 20.5 Å². The minimum absolute atomic E-state index is 0.0138. The van der Waals surface area contributed by atoms with E-state index in [0.717, 1.165) is 22.3 Å². The number of fused-ring (bicyclic) bond motifs is 3. The third-order valence-electron chi connectivity index (χ3n) is 4.63. The Morgan fingerprint density at radius 1 is 0.929 bits per heavy atom. The van der Waals surface area contributed by atoms with Crippen molar-refractivity contribution in [3.05, 3.63) is 59.7 Å². The molecule has 0 unspecified atom stereocenters. The Hall–Kier alpha value is -3.35. The fourth-order valence-electron chi connectivity index (χ4n) is 3.33. The Kier molecular flexibility index (Phi) is 6.26. The Labute approximate surface area is 162 Å². The zero-order valence-corrected chi connectivity index (χ0v) is 15.3. The maximum atomic E-state index is 12.0. The lowest BCUT2D eigenvalue weighted by Gasteiger charge is -2.14. The standard InChI is InChI=1S/C21H22N2O5/c24-19(22-11-5-10-20(25)26)12-23-21(27)28-13-18-16-8-3-1-6-14(16)15-7-2-4-9-17(15)18/h1-4,6-9,18H,5,10-13H2,(H,22,24)(H,23,27)(H,25,26). The highest BCUT2D eigenvalue weighted by atomic mass is 16.5. The number of carboxylic acids is 1. The first-order chi connectivity index (χ1) is 13.6. The van der Waals surface area contributed by atoms with Crippen LogP contribution in [0.2, 0.25) is 0 Å². The summed E-state index contributed by atoms with van der Waals surface area (Å²) < 4.78 is 5.34. The number of hydrogen-bond acceptors (Lipinski definition) is 4. The van der Waals surface area contributed by atoms with Gasteiger partial charge in [0.1, 0.15) is 6.61 Å². The van der Waals surface area contributed by atoms with Gasteiger partial charge in [-0.2, -0.15) is 0 Å². The number of aliphatic carboxylic acids is 1. The molecule has 0 heterocycles. The molecule has 0 spiro atoms. The van der Waals surface area contributed by atoms with Crippen molar-refractivity contribution in [1.29, 1.82) is 0 Å². The van der Waals surface area contributed by atoms with Crippen molar-refractivity contribution < 1.29 is 24.2 Å². The number of benzene rings is 2. The van der Waals surface area contributed by atoms with E-state index >= 15 is 0 Å². The first kappa shape index (κ1) is 19.4. The Morgan fingerprint density at radius 3 is 2.14 bits per heavy atom. The molecule has 3 N–H and O–H groups in total. The maximum Gasteiger partial charge on any atom is 0.407 e. The minimum Gasteiger partial charge on any atom is -0.481 e. The number of amides is 2. The minimum atomic E-state index is -0.911. The number of alkyl carbamates (subject to hydrolysis) is 1. The van der Waals surface area contributed by atoms with E-state index in [2.05, 4.69) is 22.8 Å². The number of carbonyl (C=O) groups is 3. The van der Waals surface area contributed by atoms with Gasteiger partial charge in [0.25, 0.3) is 0 Å². The van der Waals surface area contributed by atoms with E-state index in [4.69, 9.17) is 9.84 Å². The Morgan fingerprint density at radius 2 is 1.54 bits per heavy atom. The average Bonchev–Trinajstić information content (AvgIpc) is 3.02. The smallest absolute Gasteiger partial charge is 0.407 e. The number of carboxylic acid groups (broad SMARTS) is 1. The zero-order valence-electron chi connectivity index (χ0n) is 15.3. The molecular weight excluding hydrogens is 360 g/mol. The largest absolute Gasteiger partial charge is 0.481 e. The molecule has 2 aromatic rings. The van der Waals surface area contributed by atoms with Crippen LogP contribution in [-0.2, 0) is 14.3 Å². The predicted molar refractivity (Wildman–Crippen MR) is 103 cm³/mol. The van der Waals surface area contributed by atoms with Gasteiger partial charge in [-0.25, -0.2) is 4.79 Å². The second-order valence-corrected chi connectivity index (χ2v) is 6.53.